The number of thiophene rings is 1. The standard InChI is InChI=1S/C13H13ClN6S/c1-2-8-5-9-11(16-13(14)17-12(9)21-8)19-3-4-20-7-15-18-10(20)6-19/h5,7H,2-4,6H2,1H3. The number of aryl methyl sites for hydroxylation is 1. The van der Waals surface area contributed by atoms with Crippen molar-refractivity contribution in [3.63, 3.8) is 0 Å². The molecule has 4 heterocycles. The number of rotatable bonds is 2. The SMILES string of the molecule is CCc1cc2c(N3CCn4cnnc4C3)nc(Cl)nc2s1. The Morgan fingerprint density at radius 2 is 2.24 bits per heavy atom. The van der Waals surface area contributed by atoms with Crippen molar-refractivity contribution in [2.45, 2.75) is 26.4 Å². The van der Waals surface area contributed by atoms with E-state index in [0.29, 0.717) is 11.8 Å². The molecule has 0 amide bonds. The third kappa shape index (κ3) is 2.16. The fourth-order valence-corrected chi connectivity index (χ4v) is 3.77. The van der Waals surface area contributed by atoms with E-state index in [0.717, 1.165) is 41.4 Å². The molecule has 0 unspecified atom stereocenters. The first-order valence-electron chi connectivity index (χ1n) is 6.82. The summed E-state index contributed by atoms with van der Waals surface area (Å²) < 4.78 is 2.07. The lowest BCUT2D eigenvalue weighted by molar-refractivity contribution is 0.557. The number of halogens is 1. The fraction of sp³-hybridized carbons (Fsp3) is 0.385. The minimum Gasteiger partial charge on any atom is -0.347 e. The molecule has 0 saturated carbocycles. The van der Waals surface area contributed by atoms with E-state index < -0.39 is 0 Å². The van der Waals surface area contributed by atoms with Crippen LogP contribution < -0.4 is 4.90 Å². The van der Waals surface area contributed by atoms with Crippen LogP contribution in [0.25, 0.3) is 10.2 Å². The van der Waals surface area contributed by atoms with Crippen molar-refractivity contribution in [3.05, 3.63) is 28.4 Å². The van der Waals surface area contributed by atoms with E-state index in [-0.39, 0.29) is 0 Å². The predicted octanol–water partition coefficient (Wildman–Crippen LogP) is 2.52. The molecule has 1 aliphatic heterocycles. The molecule has 0 N–H and O–H groups in total. The molecule has 0 aliphatic carbocycles. The van der Waals surface area contributed by atoms with Crippen LogP contribution >= 0.6 is 22.9 Å². The van der Waals surface area contributed by atoms with E-state index in [2.05, 4.69) is 42.6 Å². The lowest BCUT2D eigenvalue weighted by atomic mass is 10.2. The summed E-state index contributed by atoms with van der Waals surface area (Å²) in [6, 6.07) is 2.17. The Morgan fingerprint density at radius 3 is 3.10 bits per heavy atom. The Balaban J connectivity index is 1.81. The molecule has 0 atom stereocenters. The van der Waals surface area contributed by atoms with E-state index in [4.69, 9.17) is 11.6 Å². The highest BCUT2D eigenvalue weighted by Crippen LogP contribution is 2.33. The van der Waals surface area contributed by atoms with Crippen LogP contribution in [0.3, 0.4) is 0 Å². The third-order valence-corrected chi connectivity index (χ3v) is 5.03. The third-order valence-electron chi connectivity index (χ3n) is 3.68. The monoisotopic (exact) mass is 320 g/mol. The Kier molecular flexibility index (Phi) is 3.04. The number of aromatic nitrogens is 5. The summed E-state index contributed by atoms with van der Waals surface area (Å²) in [6.07, 6.45) is 2.77. The highest BCUT2D eigenvalue weighted by Gasteiger charge is 2.22. The first-order chi connectivity index (χ1) is 10.2. The van der Waals surface area contributed by atoms with Gasteiger partial charge in [-0.25, -0.2) is 4.98 Å². The van der Waals surface area contributed by atoms with Crippen molar-refractivity contribution in [1.82, 2.24) is 24.7 Å². The molecular weight excluding hydrogens is 308 g/mol. The van der Waals surface area contributed by atoms with Gasteiger partial charge < -0.3 is 9.47 Å². The van der Waals surface area contributed by atoms with Crippen molar-refractivity contribution in [2.24, 2.45) is 0 Å². The van der Waals surface area contributed by atoms with Gasteiger partial charge in [0.25, 0.3) is 0 Å². The Hall–Kier alpha value is -1.73. The molecule has 0 spiro atoms. The Labute approximate surface area is 130 Å². The highest BCUT2D eigenvalue weighted by molar-refractivity contribution is 7.18. The second-order valence-corrected chi connectivity index (χ2v) is 6.42. The minimum absolute atomic E-state index is 0.300. The van der Waals surface area contributed by atoms with Gasteiger partial charge in [-0.05, 0) is 24.1 Å². The smallest absolute Gasteiger partial charge is 0.225 e. The normalized spacial score (nSPS) is 14.7. The van der Waals surface area contributed by atoms with Crippen LogP contribution in [0.2, 0.25) is 5.28 Å². The summed E-state index contributed by atoms with van der Waals surface area (Å²) >= 11 is 7.78. The summed E-state index contributed by atoms with van der Waals surface area (Å²) in [7, 11) is 0. The summed E-state index contributed by atoms with van der Waals surface area (Å²) in [5.74, 6) is 1.85. The van der Waals surface area contributed by atoms with Crippen molar-refractivity contribution >= 4 is 39.0 Å². The predicted molar refractivity (Wildman–Crippen MR) is 82.9 cm³/mol. The minimum atomic E-state index is 0.300. The molecule has 0 bridgehead atoms. The molecule has 4 rings (SSSR count). The summed E-state index contributed by atoms with van der Waals surface area (Å²) in [5, 5.41) is 9.49. The first-order valence-corrected chi connectivity index (χ1v) is 8.01. The molecule has 3 aromatic rings. The van der Waals surface area contributed by atoms with Gasteiger partial charge in [-0.15, -0.1) is 21.5 Å². The number of nitrogens with zero attached hydrogens (tertiary/aromatic N) is 6. The van der Waals surface area contributed by atoms with Gasteiger partial charge in [0.15, 0.2) is 5.82 Å². The van der Waals surface area contributed by atoms with Gasteiger partial charge >= 0.3 is 0 Å². The van der Waals surface area contributed by atoms with Gasteiger partial charge in [0.2, 0.25) is 5.28 Å². The maximum atomic E-state index is 6.10. The van der Waals surface area contributed by atoms with Crippen LogP contribution in [0.4, 0.5) is 5.82 Å². The Morgan fingerprint density at radius 1 is 1.33 bits per heavy atom. The van der Waals surface area contributed by atoms with Crippen molar-refractivity contribution in [2.75, 3.05) is 11.4 Å². The molecule has 3 aromatic heterocycles. The maximum Gasteiger partial charge on any atom is 0.225 e. The van der Waals surface area contributed by atoms with Crippen molar-refractivity contribution in [3.8, 4) is 0 Å². The fourth-order valence-electron chi connectivity index (χ4n) is 2.59. The number of hydrogen-bond donors (Lipinski definition) is 0. The van der Waals surface area contributed by atoms with Gasteiger partial charge in [0, 0.05) is 18.0 Å². The van der Waals surface area contributed by atoms with E-state index in [1.165, 1.54) is 4.88 Å². The summed E-state index contributed by atoms with van der Waals surface area (Å²) in [4.78, 5) is 13.3. The molecule has 0 saturated heterocycles. The summed E-state index contributed by atoms with van der Waals surface area (Å²) in [5.41, 5.74) is 0. The van der Waals surface area contributed by atoms with Gasteiger partial charge in [-0.2, -0.15) is 4.98 Å². The zero-order valence-corrected chi connectivity index (χ0v) is 13.0. The van der Waals surface area contributed by atoms with E-state index in [1.54, 1.807) is 17.7 Å². The van der Waals surface area contributed by atoms with Crippen molar-refractivity contribution < 1.29 is 0 Å². The molecule has 0 aromatic carbocycles. The Bertz CT molecular complexity index is 810. The lowest BCUT2D eigenvalue weighted by Crippen LogP contribution is -2.34. The first kappa shape index (κ1) is 13.0. The van der Waals surface area contributed by atoms with Crippen LogP contribution in [0.15, 0.2) is 12.4 Å². The van der Waals surface area contributed by atoms with Gasteiger partial charge in [0.05, 0.1) is 11.9 Å². The molecular formula is C13H13ClN6S. The molecule has 6 nitrogen and oxygen atoms in total. The second kappa shape index (κ2) is 4.92. The van der Waals surface area contributed by atoms with E-state index >= 15 is 0 Å². The average Bonchev–Trinajstić information content (AvgIpc) is 3.11. The highest BCUT2D eigenvalue weighted by atomic mass is 35.5. The molecule has 0 radical (unpaired) electrons. The molecule has 108 valence electrons. The number of fused-ring (bicyclic) bond motifs is 2. The molecule has 0 fully saturated rings. The largest absolute Gasteiger partial charge is 0.347 e. The number of hydrogen-bond acceptors (Lipinski definition) is 6. The van der Waals surface area contributed by atoms with Crippen LogP contribution in [0.1, 0.15) is 17.6 Å². The van der Waals surface area contributed by atoms with Crippen LogP contribution in [0.5, 0.6) is 0 Å². The topological polar surface area (TPSA) is 59.7 Å². The second-order valence-electron chi connectivity index (χ2n) is 4.96. The van der Waals surface area contributed by atoms with Gasteiger partial charge in [-0.3, -0.25) is 0 Å². The quantitative estimate of drug-likeness (QED) is 0.679. The molecule has 1 aliphatic rings. The van der Waals surface area contributed by atoms with Crippen LogP contribution in [-0.2, 0) is 19.5 Å². The van der Waals surface area contributed by atoms with Crippen molar-refractivity contribution in [1.29, 1.82) is 0 Å². The zero-order valence-electron chi connectivity index (χ0n) is 11.5. The number of anilines is 1. The molecule has 8 heteroatoms. The van der Waals surface area contributed by atoms with Crippen LogP contribution in [0, 0.1) is 0 Å². The average molecular weight is 321 g/mol. The zero-order chi connectivity index (χ0) is 14.4. The van der Waals surface area contributed by atoms with Gasteiger partial charge in [-0.1, -0.05) is 6.92 Å². The molecule has 21 heavy (non-hydrogen) atoms. The van der Waals surface area contributed by atoms with Crippen LogP contribution in [-0.4, -0.2) is 31.3 Å². The van der Waals surface area contributed by atoms with E-state index in [9.17, 15) is 0 Å². The van der Waals surface area contributed by atoms with E-state index in [1.807, 2.05) is 0 Å². The summed E-state index contributed by atoms with van der Waals surface area (Å²) in [6.45, 7) is 4.56. The van der Waals surface area contributed by atoms with Gasteiger partial charge in [0.1, 0.15) is 17.0 Å². The lowest BCUT2D eigenvalue weighted by Gasteiger charge is -2.28. The maximum absolute atomic E-state index is 6.10.